The minimum absolute atomic E-state index is 0.0418. The minimum atomic E-state index is 0.0418. The maximum atomic E-state index is 6.07. The summed E-state index contributed by atoms with van der Waals surface area (Å²) in [5.41, 5.74) is 7.16. The number of hydrogen-bond donors (Lipinski definition) is 1. The molecule has 0 radical (unpaired) electrons. The third-order valence-corrected chi connectivity index (χ3v) is 3.26. The topological polar surface area (TPSA) is 44.5 Å². The van der Waals surface area contributed by atoms with Crippen LogP contribution in [0.4, 0.5) is 0 Å². The molecule has 0 bridgehead atoms. The van der Waals surface area contributed by atoms with E-state index in [9.17, 15) is 0 Å². The molecule has 0 saturated heterocycles. The number of hydrogen-bond acceptors (Lipinski definition) is 3. The molecule has 0 aliphatic heterocycles. The Morgan fingerprint density at radius 2 is 1.76 bits per heavy atom. The Labute approximate surface area is 126 Å². The van der Waals surface area contributed by atoms with E-state index in [0.29, 0.717) is 6.61 Å². The molecule has 0 heterocycles. The van der Waals surface area contributed by atoms with Gasteiger partial charge in [-0.05, 0) is 42.7 Å². The summed E-state index contributed by atoms with van der Waals surface area (Å²) in [5.74, 6) is 2.28. The molecule has 2 aromatic carbocycles. The first kappa shape index (κ1) is 15.4. The highest BCUT2D eigenvalue weighted by Crippen LogP contribution is 2.32. The lowest BCUT2D eigenvalue weighted by atomic mass is 10.1. The highest BCUT2D eigenvalue weighted by Gasteiger charge is 2.08. The van der Waals surface area contributed by atoms with Gasteiger partial charge in [-0.3, -0.25) is 0 Å². The maximum Gasteiger partial charge on any atom is 0.169 e. The Hall–Kier alpha value is -2.00. The van der Waals surface area contributed by atoms with Crippen molar-refractivity contribution in [1.29, 1.82) is 0 Å². The second kappa shape index (κ2) is 7.70. The molecule has 21 heavy (non-hydrogen) atoms. The van der Waals surface area contributed by atoms with E-state index in [2.05, 4.69) is 13.8 Å². The van der Waals surface area contributed by atoms with Crippen molar-refractivity contribution in [2.24, 2.45) is 5.73 Å². The SMILES string of the molecule is CCCOc1ccccc1Oc1cccc(C(N)CC)c1. The van der Waals surface area contributed by atoms with Crippen LogP contribution in [0.2, 0.25) is 0 Å². The standard InChI is InChI=1S/C18H23NO2/c1-3-12-20-17-10-5-6-11-18(17)21-15-9-7-8-14(13-15)16(19)4-2/h5-11,13,16H,3-4,12,19H2,1-2H3. The van der Waals surface area contributed by atoms with Gasteiger partial charge in [0.15, 0.2) is 11.5 Å². The van der Waals surface area contributed by atoms with Crippen LogP contribution in [-0.4, -0.2) is 6.61 Å². The molecule has 0 spiro atoms. The molecular weight excluding hydrogens is 262 g/mol. The fraction of sp³-hybridized carbons (Fsp3) is 0.333. The zero-order valence-electron chi connectivity index (χ0n) is 12.7. The van der Waals surface area contributed by atoms with Gasteiger partial charge >= 0.3 is 0 Å². The van der Waals surface area contributed by atoms with Crippen LogP contribution in [0.25, 0.3) is 0 Å². The van der Waals surface area contributed by atoms with Gasteiger partial charge in [0.2, 0.25) is 0 Å². The van der Waals surface area contributed by atoms with Crippen LogP contribution in [0.5, 0.6) is 17.2 Å². The van der Waals surface area contributed by atoms with Crippen molar-refractivity contribution in [2.45, 2.75) is 32.7 Å². The van der Waals surface area contributed by atoms with E-state index in [1.165, 1.54) is 0 Å². The molecule has 112 valence electrons. The second-order valence-corrected chi connectivity index (χ2v) is 4.98. The molecule has 2 rings (SSSR count). The van der Waals surface area contributed by atoms with Gasteiger partial charge in [0.05, 0.1) is 6.61 Å². The van der Waals surface area contributed by atoms with Crippen molar-refractivity contribution in [2.75, 3.05) is 6.61 Å². The molecule has 3 nitrogen and oxygen atoms in total. The highest BCUT2D eigenvalue weighted by molar-refractivity contribution is 5.43. The van der Waals surface area contributed by atoms with Crippen LogP contribution in [0.3, 0.4) is 0 Å². The molecule has 2 N–H and O–H groups in total. The highest BCUT2D eigenvalue weighted by atomic mass is 16.5. The number of benzene rings is 2. The van der Waals surface area contributed by atoms with E-state index in [1.807, 2.05) is 48.5 Å². The Morgan fingerprint density at radius 3 is 2.48 bits per heavy atom. The van der Waals surface area contributed by atoms with Gasteiger partial charge in [-0.2, -0.15) is 0 Å². The molecular formula is C18H23NO2. The maximum absolute atomic E-state index is 6.07. The van der Waals surface area contributed by atoms with Crippen molar-refractivity contribution in [1.82, 2.24) is 0 Å². The lowest BCUT2D eigenvalue weighted by Gasteiger charge is -2.14. The van der Waals surface area contributed by atoms with Crippen molar-refractivity contribution in [3.8, 4) is 17.2 Å². The number of nitrogens with two attached hydrogens (primary N) is 1. The van der Waals surface area contributed by atoms with Crippen LogP contribution in [0, 0.1) is 0 Å². The fourth-order valence-electron chi connectivity index (χ4n) is 2.04. The van der Waals surface area contributed by atoms with Crippen molar-refractivity contribution >= 4 is 0 Å². The smallest absolute Gasteiger partial charge is 0.169 e. The lowest BCUT2D eigenvalue weighted by Crippen LogP contribution is -2.08. The quantitative estimate of drug-likeness (QED) is 0.803. The molecule has 0 amide bonds. The summed E-state index contributed by atoms with van der Waals surface area (Å²) >= 11 is 0. The van der Waals surface area contributed by atoms with E-state index < -0.39 is 0 Å². The predicted octanol–water partition coefficient (Wildman–Crippen LogP) is 4.68. The first-order chi connectivity index (χ1) is 10.2. The summed E-state index contributed by atoms with van der Waals surface area (Å²) < 4.78 is 11.7. The third-order valence-electron chi connectivity index (χ3n) is 3.26. The molecule has 0 aliphatic rings. The summed E-state index contributed by atoms with van der Waals surface area (Å²) in [4.78, 5) is 0. The van der Waals surface area contributed by atoms with E-state index >= 15 is 0 Å². The largest absolute Gasteiger partial charge is 0.490 e. The minimum Gasteiger partial charge on any atom is -0.490 e. The summed E-state index contributed by atoms with van der Waals surface area (Å²) in [7, 11) is 0. The van der Waals surface area contributed by atoms with Gasteiger partial charge in [0, 0.05) is 6.04 Å². The van der Waals surface area contributed by atoms with E-state index in [1.54, 1.807) is 0 Å². The predicted molar refractivity (Wildman–Crippen MR) is 86.0 cm³/mol. The molecule has 3 heteroatoms. The van der Waals surface area contributed by atoms with Crippen molar-refractivity contribution in [3.63, 3.8) is 0 Å². The van der Waals surface area contributed by atoms with Crippen LogP contribution in [0.15, 0.2) is 48.5 Å². The van der Waals surface area contributed by atoms with Gasteiger partial charge in [0.1, 0.15) is 5.75 Å². The molecule has 1 unspecified atom stereocenters. The van der Waals surface area contributed by atoms with Gasteiger partial charge in [-0.1, -0.05) is 38.1 Å². The van der Waals surface area contributed by atoms with Crippen LogP contribution < -0.4 is 15.2 Å². The summed E-state index contributed by atoms with van der Waals surface area (Å²) in [6.45, 7) is 4.84. The monoisotopic (exact) mass is 285 g/mol. The molecule has 1 atom stereocenters. The Kier molecular flexibility index (Phi) is 5.64. The van der Waals surface area contributed by atoms with Crippen molar-refractivity contribution in [3.05, 3.63) is 54.1 Å². The van der Waals surface area contributed by atoms with Crippen LogP contribution >= 0.6 is 0 Å². The second-order valence-electron chi connectivity index (χ2n) is 4.98. The number of rotatable bonds is 7. The normalized spacial score (nSPS) is 12.0. The molecule has 0 fully saturated rings. The lowest BCUT2D eigenvalue weighted by molar-refractivity contribution is 0.302. The summed E-state index contributed by atoms with van der Waals surface area (Å²) in [6, 6.07) is 15.7. The Balaban J connectivity index is 2.18. The average molecular weight is 285 g/mol. The van der Waals surface area contributed by atoms with Crippen molar-refractivity contribution < 1.29 is 9.47 Å². The number of para-hydroxylation sites is 2. The number of ether oxygens (including phenoxy) is 2. The third kappa shape index (κ3) is 4.23. The first-order valence-corrected chi connectivity index (χ1v) is 7.49. The van der Waals surface area contributed by atoms with Gasteiger partial charge in [-0.15, -0.1) is 0 Å². The zero-order valence-corrected chi connectivity index (χ0v) is 12.7. The summed E-state index contributed by atoms with van der Waals surface area (Å²) in [5, 5.41) is 0. The summed E-state index contributed by atoms with van der Waals surface area (Å²) in [6.07, 6.45) is 1.87. The Morgan fingerprint density at radius 1 is 1.00 bits per heavy atom. The van der Waals surface area contributed by atoms with Crippen LogP contribution in [-0.2, 0) is 0 Å². The average Bonchev–Trinajstić information content (AvgIpc) is 2.53. The van der Waals surface area contributed by atoms with Gasteiger partial charge < -0.3 is 15.2 Å². The van der Waals surface area contributed by atoms with Gasteiger partial charge in [0.25, 0.3) is 0 Å². The van der Waals surface area contributed by atoms with Gasteiger partial charge in [-0.25, -0.2) is 0 Å². The molecule has 0 aliphatic carbocycles. The van der Waals surface area contributed by atoms with E-state index in [0.717, 1.165) is 35.7 Å². The Bertz CT molecular complexity index is 569. The first-order valence-electron chi connectivity index (χ1n) is 7.49. The van der Waals surface area contributed by atoms with E-state index in [-0.39, 0.29) is 6.04 Å². The zero-order chi connectivity index (χ0) is 15.1. The molecule has 2 aromatic rings. The van der Waals surface area contributed by atoms with Crippen LogP contribution in [0.1, 0.15) is 38.3 Å². The molecule has 0 saturated carbocycles. The molecule has 0 aromatic heterocycles. The van der Waals surface area contributed by atoms with E-state index in [4.69, 9.17) is 15.2 Å². The fourth-order valence-corrected chi connectivity index (χ4v) is 2.04.